The minimum absolute atomic E-state index is 0. The monoisotopic (exact) mass is 162 g/mol. The molecule has 0 aliphatic carbocycles. The summed E-state index contributed by atoms with van der Waals surface area (Å²) in [5.41, 5.74) is 0. The molecule has 4 heteroatoms. The van der Waals surface area contributed by atoms with E-state index in [9.17, 15) is 0 Å². The SMILES string of the molecule is C[CH2][Al]([Cl])[CH2]C.[Cl-].[Li+]. The second-order valence-corrected chi connectivity index (χ2v) is 6.09. The van der Waals surface area contributed by atoms with E-state index in [0.717, 1.165) is 0 Å². The topological polar surface area (TPSA) is 0 Å². The molecular formula is C4H10AlCl2Li. The molecule has 0 aliphatic rings. The van der Waals surface area contributed by atoms with Gasteiger partial charge in [0.15, 0.2) is 0 Å². The molecule has 0 atom stereocenters. The Bertz CT molecular complexity index is 33.2. The van der Waals surface area contributed by atoms with Crippen molar-refractivity contribution in [1.29, 1.82) is 0 Å². The summed E-state index contributed by atoms with van der Waals surface area (Å²) in [5.74, 6) is 0. The van der Waals surface area contributed by atoms with Crippen LogP contribution < -0.4 is 31.3 Å². The zero-order valence-corrected chi connectivity index (χ0v) is 8.41. The van der Waals surface area contributed by atoms with E-state index in [1.807, 2.05) is 0 Å². The number of hydrogen-bond acceptors (Lipinski definition) is 0. The maximum atomic E-state index is 5.79. The van der Waals surface area contributed by atoms with Crippen LogP contribution in [0.1, 0.15) is 13.8 Å². The first-order valence-electron chi connectivity index (χ1n) is 2.45. The van der Waals surface area contributed by atoms with E-state index >= 15 is 0 Å². The zero-order chi connectivity index (χ0) is 4.99. The maximum Gasteiger partial charge on any atom is 1.00 e. The molecule has 0 amide bonds. The van der Waals surface area contributed by atoms with Gasteiger partial charge in [0.2, 0.25) is 0 Å². The van der Waals surface area contributed by atoms with Crippen LogP contribution in [0.4, 0.5) is 0 Å². The molecule has 8 heavy (non-hydrogen) atoms. The Kier molecular flexibility index (Phi) is 23.5. The summed E-state index contributed by atoms with van der Waals surface area (Å²) in [6.45, 7) is 4.32. The molecule has 0 bridgehead atoms. The minimum Gasteiger partial charge on any atom is -1.00 e. The van der Waals surface area contributed by atoms with Crippen molar-refractivity contribution in [2.75, 3.05) is 0 Å². The van der Waals surface area contributed by atoms with Gasteiger partial charge >= 0.3 is 32.1 Å². The molecule has 0 nitrogen and oxygen atoms in total. The molecule has 0 aromatic rings. The summed E-state index contributed by atoms with van der Waals surface area (Å²) in [7, 11) is 5.79. The normalized spacial score (nSPS) is 6.38. The van der Waals surface area contributed by atoms with Gasteiger partial charge in [0.05, 0.1) is 0 Å². The summed E-state index contributed by atoms with van der Waals surface area (Å²) < 4.78 is 0. The van der Waals surface area contributed by atoms with Crippen LogP contribution in [0.15, 0.2) is 0 Å². The van der Waals surface area contributed by atoms with Crippen LogP contribution in [0.5, 0.6) is 0 Å². The standard InChI is InChI=1S/2C2H5.Al.2ClH.Li/c2*1-2;;;;/h2*1H2,2H3;;2*1H;/q;;+1;;;+1/p-2. The van der Waals surface area contributed by atoms with Crippen molar-refractivity contribution in [3.8, 4) is 0 Å². The van der Waals surface area contributed by atoms with Gasteiger partial charge in [-0.25, -0.2) is 0 Å². The van der Waals surface area contributed by atoms with Crippen LogP contribution in [0.2, 0.25) is 10.6 Å². The van der Waals surface area contributed by atoms with Crippen LogP contribution in [0, 0.1) is 0 Å². The van der Waals surface area contributed by atoms with Crippen molar-refractivity contribution in [2.24, 2.45) is 0 Å². The first kappa shape index (κ1) is 16.4. The minimum atomic E-state index is -0.688. The van der Waals surface area contributed by atoms with E-state index in [2.05, 4.69) is 13.8 Å². The number of hydrogen-bond donors (Lipinski definition) is 0. The summed E-state index contributed by atoms with van der Waals surface area (Å²) in [5, 5.41) is 2.47. The van der Waals surface area contributed by atoms with Crippen molar-refractivity contribution in [3.63, 3.8) is 0 Å². The second kappa shape index (κ2) is 11.5. The Hall–Kier alpha value is 1.71. The molecule has 0 saturated carbocycles. The van der Waals surface area contributed by atoms with E-state index < -0.39 is 13.2 Å². The first-order valence-corrected chi connectivity index (χ1v) is 5.83. The fourth-order valence-corrected chi connectivity index (χ4v) is 0.866. The Labute approximate surface area is 78.5 Å². The fourth-order valence-electron chi connectivity index (χ4n) is 0.289. The Morgan fingerprint density at radius 3 is 1.50 bits per heavy atom. The van der Waals surface area contributed by atoms with E-state index in [0.29, 0.717) is 0 Å². The zero-order valence-electron chi connectivity index (χ0n) is 5.75. The van der Waals surface area contributed by atoms with Crippen LogP contribution >= 0.6 is 10.0 Å². The number of rotatable bonds is 2. The predicted octanol–water partition coefficient (Wildman–Crippen LogP) is -3.74. The van der Waals surface area contributed by atoms with Crippen LogP contribution in [-0.2, 0) is 0 Å². The molecule has 0 rings (SSSR count). The predicted molar refractivity (Wildman–Crippen MR) is 32.6 cm³/mol. The molecule has 0 unspecified atom stereocenters. The molecule has 0 N–H and O–H groups in total. The van der Waals surface area contributed by atoms with Gasteiger partial charge in [0.25, 0.3) is 0 Å². The van der Waals surface area contributed by atoms with E-state index in [4.69, 9.17) is 10.0 Å². The smallest absolute Gasteiger partial charge is 1.00 e. The van der Waals surface area contributed by atoms with Gasteiger partial charge in [-0.1, -0.05) is 24.4 Å². The van der Waals surface area contributed by atoms with E-state index in [-0.39, 0.29) is 31.3 Å². The van der Waals surface area contributed by atoms with Gasteiger partial charge in [-0.2, -0.15) is 0 Å². The van der Waals surface area contributed by atoms with Crippen molar-refractivity contribution < 1.29 is 31.3 Å². The molecule has 0 heterocycles. The van der Waals surface area contributed by atoms with Crippen molar-refractivity contribution in [2.45, 2.75) is 24.4 Å². The molecule has 0 radical (unpaired) electrons. The van der Waals surface area contributed by atoms with Gasteiger partial charge in [0.1, 0.15) is 0 Å². The fraction of sp³-hybridized carbons (Fsp3) is 1.00. The second-order valence-electron chi connectivity index (χ2n) is 1.41. The van der Waals surface area contributed by atoms with Gasteiger partial charge in [-0.15, -0.1) is 0 Å². The molecule has 0 spiro atoms. The summed E-state index contributed by atoms with van der Waals surface area (Å²) >= 11 is -0.688. The third kappa shape index (κ3) is 10.6. The molecule has 0 saturated heterocycles. The van der Waals surface area contributed by atoms with Gasteiger partial charge in [-0.05, 0) is 0 Å². The molecule has 0 aliphatic heterocycles. The van der Waals surface area contributed by atoms with E-state index in [1.54, 1.807) is 0 Å². The summed E-state index contributed by atoms with van der Waals surface area (Å²) in [6.07, 6.45) is 0. The largest absolute Gasteiger partial charge is 1.00 e. The quantitative estimate of drug-likeness (QED) is 0.367. The van der Waals surface area contributed by atoms with Gasteiger partial charge in [0, 0.05) is 0 Å². The molecule has 44 valence electrons. The summed E-state index contributed by atoms with van der Waals surface area (Å²) in [6, 6.07) is 0. The van der Waals surface area contributed by atoms with Crippen LogP contribution in [-0.4, -0.2) is 13.2 Å². The Morgan fingerprint density at radius 1 is 1.25 bits per heavy atom. The summed E-state index contributed by atoms with van der Waals surface area (Å²) in [4.78, 5) is 0. The maximum absolute atomic E-state index is 5.79. The molecule has 0 aromatic carbocycles. The van der Waals surface area contributed by atoms with Gasteiger partial charge < -0.3 is 12.4 Å². The average Bonchev–Trinajstić information content (AvgIpc) is 1.65. The third-order valence-corrected chi connectivity index (χ3v) is 4.51. The van der Waals surface area contributed by atoms with Crippen LogP contribution in [0.25, 0.3) is 0 Å². The average molecular weight is 163 g/mol. The Morgan fingerprint density at radius 2 is 1.50 bits per heavy atom. The van der Waals surface area contributed by atoms with Crippen molar-refractivity contribution in [1.82, 2.24) is 0 Å². The first-order chi connectivity index (χ1) is 2.81. The Balaban J connectivity index is -0.000000125. The third-order valence-electron chi connectivity index (χ3n) is 0.886. The van der Waals surface area contributed by atoms with E-state index in [1.165, 1.54) is 10.6 Å². The molecule has 0 aromatic heterocycles. The van der Waals surface area contributed by atoms with Crippen LogP contribution in [0.3, 0.4) is 0 Å². The molecule has 0 fully saturated rings. The number of halogens is 2. The van der Waals surface area contributed by atoms with Gasteiger partial charge in [-0.3, -0.25) is 10.0 Å². The van der Waals surface area contributed by atoms with Crippen molar-refractivity contribution in [3.05, 3.63) is 0 Å². The van der Waals surface area contributed by atoms with Crippen molar-refractivity contribution >= 4 is 23.3 Å². The molecular weight excluding hydrogens is 153 g/mol.